The van der Waals surface area contributed by atoms with Gasteiger partial charge >= 0.3 is 0 Å². The van der Waals surface area contributed by atoms with Crippen LogP contribution in [0.2, 0.25) is 0 Å². The molecule has 0 spiro atoms. The highest BCUT2D eigenvalue weighted by Gasteiger charge is 2.40. The van der Waals surface area contributed by atoms with Crippen molar-refractivity contribution in [2.24, 2.45) is 0 Å². The summed E-state index contributed by atoms with van der Waals surface area (Å²) in [4.78, 5) is 14.0. The summed E-state index contributed by atoms with van der Waals surface area (Å²) in [6.45, 7) is 5.92. The highest BCUT2D eigenvalue weighted by molar-refractivity contribution is 6.07. The van der Waals surface area contributed by atoms with E-state index in [1.165, 1.54) is 24.1 Å². The van der Waals surface area contributed by atoms with Crippen molar-refractivity contribution in [3.05, 3.63) is 46.5 Å². The Morgan fingerprint density at radius 3 is 2.72 bits per heavy atom. The molecule has 0 fully saturated rings. The Bertz CT molecular complexity index is 829. The van der Waals surface area contributed by atoms with Crippen LogP contribution in [0.15, 0.2) is 18.3 Å². The highest BCUT2D eigenvalue weighted by Crippen LogP contribution is 2.50. The van der Waals surface area contributed by atoms with Gasteiger partial charge in [-0.3, -0.25) is 9.89 Å². The molecule has 1 aromatic carbocycles. The van der Waals surface area contributed by atoms with Crippen LogP contribution in [0, 0.1) is 5.82 Å². The molecular weight excluding hydrogens is 331 g/mol. The fraction of sp³-hybridized carbons (Fsp3) is 0.444. The van der Waals surface area contributed by atoms with Gasteiger partial charge in [-0.1, -0.05) is 20.8 Å². The van der Waals surface area contributed by atoms with E-state index in [9.17, 15) is 18.0 Å². The van der Waals surface area contributed by atoms with E-state index in [1.807, 2.05) is 20.8 Å². The summed E-state index contributed by atoms with van der Waals surface area (Å²) in [6.07, 6.45) is -0.976. The molecule has 0 radical (unpaired) electrons. The molecule has 25 heavy (non-hydrogen) atoms. The number of nitrogens with zero attached hydrogens (tertiary/aromatic N) is 2. The van der Waals surface area contributed by atoms with Gasteiger partial charge in [0.15, 0.2) is 0 Å². The second-order valence-electron chi connectivity index (χ2n) is 7.21. The summed E-state index contributed by atoms with van der Waals surface area (Å²) in [5.74, 6) is -0.842. The standard InChI is InChI=1S/C18H20F3N3O/c1-9-7-18(2,3)14-11(19)5-6-12(13(9)14)24(4)17(25)10-8-22-23-15(10)16(20)21/h5-6,8-9,16H,7H2,1-4H3,(H,22,23). The molecule has 3 rings (SSSR count). The Morgan fingerprint density at radius 1 is 1.40 bits per heavy atom. The van der Waals surface area contributed by atoms with Crippen LogP contribution in [0.3, 0.4) is 0 Å². The molecule has 1 unspecified atom stereocenters. The normalized spacial score (nSPS) is 18.5. The molecule has 1 aromatic heterocycles. The monoisotopic (exact) mass is 351 g/mol. The third-order valence-corrected chi connectivity index (χ3v) is 4.94. The van der Waals surface area contributed by atoms with Crippen molar-refractivity contribution in [1.82, 2.24) is 10.2 Å². The van der Waals surface area contributed by atoms with E-state index in [0.29, 0.717) is 11.3 Å². The van der Waals surface area contributed by atoms with Gasteiger partial charge in [0.2, 0.25) is 0 Å². The number of rotatable bonds is 3. The molecule has 1 aliphatic carbocycles. The zero-order chi connectivity index (χ0) is 18.5. The predicted octanol–water partition coefficient (Wildman–Crippen LogP) is 4.55. The molecular formula is C18H20F3N3O. The van der Waals surface area contributed by atoms with Crippen molar-refractivity contribution >= 4 is 11.6 Å². The molecule has 1 amide bonds. The SMILES string of the molecule is CC1CC(C)(C)c2c(F)ccc(N(C)C(=O)c3cn[nH]c3C(F)F)c21. The Kier molecular flexibility index (Phi) is 4.13. The maximum absolute atomic E-state index is 14.4. The molecule has 1 aliphatic rings. The number of aromatic nitrogens is 2. The summed E-state index contributed by atoms with van der Waals surface area (Å²) in [5, 5.41) is 5.72. The molecule has 0 bridgehead atoms. The van der Waals surface area contributed by atoms with Crippen molar-refractivity contribution in [1.29, 1.82) is 0 Å². The second-order valence-corrected chi connectivity index (χ2v) is 7.21. The van der Waals surface area contributed by atoms with Crippen LogP contribution in [-0.2, 0) is 5.41 Å². The number of carbonyl (C=O) groups is 1. The Hall–Kier alpha value is -2.31. The zero-order valence-electron chi connectivity index (χ0n) is 14.5. The number of hydrogen-bond acceptors (Lipinski definition) is 2. The predicted molar refractivity (Wildman–Crippen MR) is 88.7 cm³/mol. The minimum absolute atomic E-state index is 0.0601. The summed E-state index contributed by atoms with van der Waals surface area (Å²) in [5.41, 5.74) is 0.870. The maximum atomic E-state index is 14.4. The number of H-pyrrole nitrogens is 1. The van der Waals surface area contributed by atoms with E-state index in [-0.39, 0.29) is 22.7 Å². The molecule has 2 aromatic rings. The second kappa shape index (κ2) is 5.89. The molecule has 1 heterocycles. The van der Waals surface area contributed by atoms with Gasteiger partial charge in [-0.15, -0.1) is 0 Å². The molecule has 4 nitrogen and oxygen atoms in total. The maximum Gasteiger partial charge on any atom is 0.280 e. The van der Waals surface area contributed by atoms with Crippen molar-refractivity contribution in [3.8, 4) is 0 Å². The van der Waals surface area contributed by atoms with Gasteiger partial charge in [0.05, 0.1) is 11.8 Å². The number of anilines is 1. The van der Waals surface area contributed by atoms with Gasteiger partial charge in [-0.25, -0.2) is 13.2 Å². The highest BCUT2D eigenvalue weighted by atomic mass is 19.3. The third kappa shape index (κ3) is 2.71. The lowest BCUT2D eigenvalue weighted by Gasteiger charge is -2.24. The minimum Gasteiger partial charge on any atom is -0.311 e. The molecule has 1 atom stereocenters. The summed E-state index contributed by atoms with van der Waals surface area (Å²) in [7, 11) is 1.51. The van der Waals surface area contributed by atoms with Gasteiger partial charge in [0.25, 0.3) is 12.3 Å². The van der Waals surface area contributed by atoms with Crippen molar-refractivity contribution in [3.63, 3.8) is 0 Å². The van der Waals surface area contributed by atoms with Crippen LogP contribution in [0.5, 0.6) is 0 Å². The van der Waals surface area contributed by atoms with E-state index < -0.39 is 18.0 Å². The van der Waals surface area contributed by atoms with Crippen molar-refractivity contribution in [2.45, 2.75) is 45.0 Å². The molecule has 0 aliphatic heterocycles. The summed E-state index contributed by atoms with van der Waals surface area (Å²) >= 11 is 0. The molecule has 7 heteroatoms. The van der Waals surface area contributed by atoms with E-state index in [0.717, 1.165) is 18.2 Å². The zero-order valence-corrected chi connectivity index (χ0v) is 14.5. The number of carbonyl (C=O) groups excluding carboxylic acids is 1. The third-order valence-electron chi connectivity index (χ3n) is 4.94. The molecule has 1 N–H and O–H groups in total. The first-order valence-corrected chi connectivity index (χ1v) is 8.07. The van der Waals surface area contributed by atoms with Crippen LogP contribution in [0.4, 0.5) is 18.9 Å². The van der Waals surface area contributed by atoms with Crippen LogP contribution >= 0.6 is 0 Å². The Morgan fingerprint density at radius 2 is 2.08 bits per heavy atom. The molecule has 134 valence electrons. The van der Waals surface area contributed by atoms with Crippen LogP contribution in [0.1, 0.15) is 66.7 Å². The Balaban J connectivity index is 2.08. The number of nitrogens with one attached hydrogen (secondary N) is 1. The first-order valence-electron chi connectivity index (χ1n) is 8.07. The molecule has 0 saturated carbocycles. The smallest absolute Gasteiger partial charge is 0.280 e. The number of benzene rings is 1. The van der Waals surface area contributed by atoms with E-state index >= 15 is 0 Å². The average molecular weight is 351 g/mol. The topological polar surface area (TPSA) is 49.0 Å². The lowest BCUT2D eigenvalue weighted by atomic mass is 9.85. The van der Waals surface area contributed by atoms with Gasteiger partial charge in [0, 0.05) is 12.7 Å². The summed E-state index contributed by atoms with van der Waals surface area (Å²) in [6, 6.07) is 2.87. The van der Waals surface area contributed by atoms with E-state index in [1.54, 1.807) is 0 Å². The number of alkyl halides is 2. The number of aromatic amines is 1. The first kappa shape index (κ1) is 17.5. The van der Waals surface area contributed by atoms with E-state index in [4.69, 9.17) is 0 Å². The van der Waals surface area contributed by atoms with Crippen molar-refractivity contribution < 1.29 is 18.0 Å². The number of halogens is 3. The van der Waals surface area contributed by atoms with Gasteiger partial charge in [0.1, 0.15) is 11.5 Å². The minimum atomic E-state index is -2.83. The fourth-order valence-corrected chi connectivity index (χ4v) is 3.95. The van der Waals surface area contributed by atoms with Gasteiger partial charge in [-0.2, -0.15) is 5.10 Å². The van der Waals surface area contributed by atoms with Gasteiger partial charge < -0.3 is 4.90 Å². The largest absolute Gasteiger partial charge is 0.311 e. The summed E-state index contributed by atoms with van der Waals surface area (Å²) < 4.78 is 40.5. The number of fused-ring (bicyclic) bond motifs is 1. The number of hydrogen-bond donors (Lipinski definition) is 1. The van der Waals surface area contributed by atoms with Crippen LogP contribution < -0.4 is 4.90 Å². The lowest BCUT2D eigenvalue weighted by molar-refractivity contribution is 0.0977. The van der Waals surface area contributed by atoms with Gasteiger partial charge in [-0.05, 0) is 41.0 Å². The first-order chi connectivity index (χ1) is 11.6. The van der Waals surface area contributed by atoms with Crippen LogP contribution in [-0.4, -0.2) is 23.2 Å². The van der Waals surface area contributed by atoms with Crippen LogP contribution in [0.25, 0.3) is 0 Å². The number of amides is 1. The Labute approximate surface area is 144 Å². The average Bonchev–Trinajstić information content (AvgIpc) is 3.10. The fourth-order valence-electron chi connectivity index (χ4n) is 3.95. The quantitative estimate of drug-likeness (QED) is 0.882. The van der Waals surface area contributed by atoms with E-state index in [2.05, 4.69) is 10.2 Å². The van der Waals surface area contributed by atoms with Crippen molar-refractivity contribution in [2.75, 3.05) is 11.9 Å². The lowest BCUT2D eigenvalue weighted by Crippen LogP contribution is -2.28. The molecule has 0 saturated heterocycles.